The van der Waals surface area contributed by atoms with E-state index < -0.39 is 5.60 Å². The third-order valence-corrected chi connectivity index (χ3v) is 4.22. The second-order valence-corrected chi connectivity index (χ2v) is 7.75. The Balaban J connectivity index is 1.90. The first kappa shape index (κ1) is 18.6. The first-order valence-electron chi connectivity index (χ1n) is 7.88. The summed E-state index contributed by atoms with van der Waals surface area (Å²) in [5, 5.41) is 11.8. The molecule has 1 saturated heterocycles. The third-order valence-electron chi connectivity index (χ3n) is 3.41. The Bertz CT molecular complexity index is 584. The standard InChI is InChI=1S/C15H24N4O4S/c1-15(2,3)23-14(21)19-7-5-6-10(8-19)12(20)16-13-18-17-11(24-13)9-22-4/h10H,5-9H2,1-4H3,(H,16,18,20). The predicted octanol–water partition coefficient (Wildman–Crippen LogP) is 2.27. The van der Waals surface area contributed by atoms with Crippen LogP contribution in [0.25, 0.3) is 0 Å². The first-order chi connectivity index (χ1) is 11.3. The van der Waals surface area contributed by atoms with E-state index in [1.165, 1.54) is 11.3 Å². The van der Waals surface area contributed by atoms with E-state index >= 15 is 0 Å². The van der Waals surface area contributed by atoms with E-state index in [1.807, 2.05) is 20.8 Å². The molecule has 0 bridgehead atoms. The number of amides is 2. The van der Waals surface area contributed by atoms with Crippen molar-refractivity contribution in [1.29, 1.82) is 0 Å². The van der Waals surface area contributed by atoms with E-state index in [-0.39, 0.29) is 17.9 Å². The number of carbonyl (C=O) groups is 2. The summed E-state index contributed by atoms with van der Waals surface area (Å²) < 4.78 is 10.4. The molecular weight excluding hydrogens is 332 g/mol. The van der Waals surface area contributed by atoms with Gasteiger partial charge in [0.25, 0.3) is 0 Å². The molecule has 1 unspecified atom stereocenters. The highest BCUT2D eigenvalue weighted by Gasteiger charge is 2.31. The van der Waals surface area contributed by atoms with Crippen LogP contribution in [0.2, 0.25) is 0 Å². The van der Waals surface area contributed by atoms with Crippen LogP contribution in [0.1, 0.15) is 38.6 Å². The van der Waals surface area contributed by atoms with Gasteiger partial charge in [-0.3, -0.25) is 4.79 Å². The van der Waals surface area contributed by atoms with E-state index in [0.717, 1.165) is 12.8 Å². The lowest BCUT2D eigenvalue weighted by Crippen LogP contribution is -2.45. The van der Waals surface area contributed by atoms with Gasteiger partial charge in [0, 0.05) is 20.2 Å². The number of likely N-dealkylation sites (tertiary alicyclic amines) is 1. The molecule has 2 amide bonds. The Morgan fingerprint density at radius 2 is 2.12 bits per heavy atom. The molecular formula is C15H24N4O4S. The maximum Gasteiger partial charge on any atom is 0.410 e. The van der Waals surface area contributed by atoms with E-state index in [4.69, 9.17) is 9.47 Å². The molecule has 9 heteroatoms. The van der Waals surface area contributed by atoms with E-state index in [9.17, 15) is 9.59 Å². The van der Waals surface area contributed by atoms with Crippen LogP contribution in [0, 0.1) is 5.92 Å². The van der Waals surface area contributed by atoms with Crippen molar-refractivity contribution in [3.8, 4) is 0 Å². The lowest BCUT2D eigenvalue weighted by atomic mass is 9.97. The number of anilines is 1. The average Bonchev–Trinajstić information content (AvgIpc) is 2.93. The zero-order chi connectivity index (χ0) is 17.7. The van der Waals surface area contributed by atoms with E-state index in [0.29, 0.717) is 29.8 Å². The van der Waals surface area contributed by atoms with Gasteiger partial charge in [0.1, 0.15) is 17.2 Å². The van der Waals surface area contributed by atoms with Crippen molar-refractivity contribution in [3.05, 3.63) is 5.01 Å². The average molecular weight is 356 g/mol. The number of hydrogen-bond acceptors (Lipinski definition) is 7. The lowest BCUT2D eigenvalue weighted by molar-refractivity contribution is -0.121. The molecule has 0 radical (unpaired) electrons. The maximum absolute atomic E-state index is 12.4. The molecule has 2 heterocycles. The minimum Gasteiger partial charge on any atom is -0.444 e. The van der Waals surface area contributed by atoms with Gasteiger partial charge < -0.3 is 19.7 Å². The molecule has 134 valence electrons. The molecule has 8 nitrogen and oxygen atoms in total. The molecule has 1 fully saturated rings. The second kappa shape index (κ2) is 7.89. The van der Waals surface area contributed by atoms with Crippen LogP contribution in [0.3, 0.4) is 0 Å². The number of rotatable bonds is 4. The second-order valence-electron chi connectivity index (χ2n) is 6.69. The Kier molecular flexibility index (Phi) is 6.11. The highest BCUT2D eigenvalue weighted by atomic mass is 32.1. The molecule has 1 atom stereocenters. The number of ether oxygens (including phenoxy) is 2. The van der Waals surface area contributed by atoms with Crippen molar-refractivity contribution in [2.75, 3.05) is 25.5 Å². The van der Waals surface area contributed by atoms with Crippen molar-refractivity contribution in [1.82, 2.24) is 15.1 Å². The summed E-state index contributed by atoms with van der Waals surface area (Å²) in [6, 6.07) is 0. The number of aromatic nitrogens is 2. The van der Waals surface area contributed by atoms with Gasteiger partial charge in [0.15, 0.2) is 0 Å². The zero-order valence-corrected chi connectivity index (χ0v) is 15.3. The Labute approximate surface area is 145 Å². The Hall–Kier alpha value is -1.74. The fraction of sp³-hybridized carbons (Fsp3) is 0.733. The molecule has 1 aromatic rings. The topological polar surface area (TPSA) is 93.7 Å². The molecule has 0 aromatic carbocycles. The van der Waals surface area contributed by atoms with Gasteiger partial charge in [0.05, 0.1) is 5.92 Å². The van der Waals surface area contributed by atoms with Gasteiger partial charge in [-0.05, 0) is 33.6 Å². The highest BCUT2D eigenvalue weighted by molar-refractivity contribution is 7.15. The van der Waals surface area contributed by atoms with Crippen LogP contribution in [0.15, 0.2) is 0 Å². The predicted molar refractivity (Wildman–Crippen MR) is 89.8 cm³/mol. The molecule has 24 heavy (non-hydrogen) atoms. The van der Waals surface area contributed by atoms with Crippen LogP contribution in [-0.2, 0) is 20.9 Å². The summed E-state index contributed by atoms with van der Waals surface area (Å²) in [6.07, 6.45) is 1.12. The largest absolute Gasteiger partial charge is 0.444 e. The fourth-order valence-electron chi connectivity index (χ4n) is 2.38. The lowest BCUT2D eigenvalue weighted by Gasteiger charge is -2.33. The van der Waals surface area contributed by atoms with Crippen LogP contribution in [0.4, 0.5) is 9.93 Å². The van der Waals surface area contributed by atoms with Crippen LogP contribution >= 0.6 is 11.3 Å². The molecule has 0 spiro atoms. The number of methoxy groups -OCH3 is 1. The smallest absolute Gasteiger partial charge is 0.410 e. The summed E-state index contributed by atoms with van der Waals surface area (Å²) in [5.41, 5.74) is -0.545. The van der Waals surface area contributed by atoms with E-state index in [1.54, 1.807) is 12.0 Å². The van der Waals surface area contributed by atoms with Crippen molar-refractivity contribution in [2.24, 2.45) is 5.92 Å². The van der Waals surface area contributed by atoms with Crippen molar-refractivity contribution in [3.63, 3.8) is 0 Å². The van der Waals surface area contributed by atoms with Crippen molar-refractivity contribution in [2.45, 2.75) is 45.8 Å². The number of nitrogens with zero attached hydrogens (tertiary/aromatic N) is 3. The van der Waals surface area contributed by atoms with Crippen LogP contribution < -0.4 is 5.32 Å². The summed E-state index contributed by atoms with van der Waals surface area (Å²) in [6.45, 7) is 6.80. The number of hydrogen-bond donors (Lipinski definition) is 1. The fourth-order valence-corrected chi connectivity index (χ4v) is 3.09. The Morgan fingerprint density at radius 1 is 1.38 bits per heavy atom. The van der Waals surface area contributed by atoms with Gasteiger partial charge in [-0.25, -0.2) is 4.79 Å². The van der Waals surface area contributed by atoms with Crippen molar-refractivity contribution < 1.29 is 19.1 Å². The van der Waals surface area contributed by atoms with Crippen LogP contribution in [-0.4, -0.2) is 52.9 Å². The molecule has 0 aliphatic carbocycles. The summed E-state index contributed by atoms with van der Waals surface area (Å²) >= 11 is 1.28. The van der Waals surface area contributed by atoms with Gasteiger partial charge in [-0.1, -0.05) is 11.3 Å². The summed E-state index contributed by atoms with van der Waals surface area (Å²) in [7, 11) is 1.58. The SMILES string of the molecule is COCc1nnc(NC(=O)C2CCCN(C(=O)OC(C)(C)C)C2)s1. The number of carbonyl (C=O) groups excluding carboxylic acids is 2. The minimum absolute atomic E-state index is 0.150. The molecule has 0 saturated carbocycles. The zero-order valence-electron chi connectivity index (χ0n) is 14.5. The quantitative estimate of drug-likeness (QED) is 0.889. The minimum atomic E-state index is -0.545. The van der Waals surface area contributed by atoms with E-state index in [2.05, 4.69) is 15.5 Å². The molecule has 2 rings (SSSR count). The number of piperidine rings is 1. The summed E-state index contributed by atoms with van der Waals surface area (Å²) in [5.74, 6) is -0.426. The Morgan fingerprint density at radius 3 is 2.79 bits per heavy atom. The van der Waals surface area contributed by atoms with Gasteiger partial charge >= 0.3 is 6.09 Å². The highest BCUT2D eigenvalue weighted by Crippen LogP contribution is 2.22. The summed E-state index contributed by atoms with van der Waals surface area (Å²) in [4.78, 5) is 26.2. The molecule has 1 aliphatic rings. The maximum atomic E-state index is 12.4. The van der Waals surface area contributed by atoms with Crippen molar-refractivity contribution >= 4 is 28.5 Å². The number of nitrogens with one attached hydrogen (secondary N) is 1. The molecule has 1 aliphatic heterocycles. The van der Waals surface area contributed by atoms with Gasteiger partial charge in [0.2, 0.25) is 11.0 Å². The monoisotopic (exact) mass is 356 g/mol. The molecule has 1 N–H and O–H groups in total. The normalized spacial score (nSPS) is 18.3. The first-order valence-corrected chi connectivity index (χ1v) is 8.70. The van der Waals surface area contributed by atoms with Gasteiger partial charge in [-0.2, -0.15) is 0 Å². The molecule has 1 aromatic heterocycles. The third kappa shape index (κ3) is 5.41. The van der Waals surface area contributed by atoms with Gasteiger partial charge in [-0.15, -0.1) is 10.2 Å². The van der Waals surface area contributed by atoms with Crippen LogP contribution in [0.5, 0.6) is 0 Å².